The third kappa shape index (κ3) is 2.25. The molecule has 0 aromatic carbocycles. The van der Waals surface area contributed by atoms with E-state index in [9.17, 15) is 15.3 Å². The lowest BCUT2D eigenvalue weighted by molar-refractivity contribution is -0.124. The second kappa shape index (κ2) is 6.03. The van der Waals surface area contributed by atoms with Crippen LogP contribution in [0.5, 0.6) is 0 Å². The zero-order valence-electron chi connectivity index (χ0n) is 13.2. The molecule has 2 aliphatic heterocycles. The zero-order chi connectivity index (χ0) is 18.3. The van der Waals surface area contributed by atoms with Crippen molar-refractivity contribution in [2.75, 3.05) is 0 Å². The summed E-state index contributed by atoms with van der Waals surface area (Å²) in [4.78, 5) is 14.4. The van der Waals surface area contributed by atoms with Gasteiger partial charge in [0.1, 0.15) is 34.4 Å². The summed E-state index contributed by atoms with van der Waals surface area (Å²) in [5, 5.41) is 18.6. The van der Waals surface area contributed by atoms with Crippen LogP contribution in [-0.4, -0.2) is 16.2 Å². The van der Waals surface area contributed by atoms with Gasteiger partial charge in [-0.2, -0.15) is 10.5 Å². The number of nitrogens with zero attached hydrogens (tertiary/aromatic N) is 3. The lowest BCUT2D eigenvalue weighted by Crippen LogP contribution is -2.40. The van der Waals surface area contributed by atoms with E-state index in [4.69, 9.17) is 14.6 Å². The second-order valence-corrected chi connectivity index (χ2v) is 6.54. The Kier molecular flexibility index (Phi) is 3.68. The number of rotatable bonds is 2. The van der Waals surface area contributed by atoms with Crippen molar-refractivity contribution in [3.8, 4) is 12.1 Å². The highest BCUT2D eigenvalue weighted by molar-refractivity contribution is 8.05. The summed E-state index contributed by atoms with van der Waals surface area (Å²) in [6.45, 7) is 0. The number of nitrogens with two attached hydrogens (primary N) is 1. The molecule has 0 bridgehead atoms. The Bertz CT molecular complexity index is 1060. The van der Waals surface area contributed by atoms with Crippen LogP contribution in [0.1, 0.15) is 11.5 Å². The van der Waals surface area contributed by atoms with Crippen LogP contribution in [-0.2, 0) is 4.79 Å². The van der Waals surface area contributed by atoms with Crippen LogP contribution in [0.2, 0.25) is 0 Å². The third-order valence-corrected chi connectivity index (χ3v) is 5.22. The minimum absolute atomic E-state index is 0.00300. The van der Waals surface area contributed by atoms with Gasteiger partial charge in [-0.15, -0.1) is 0 Å². The highest BCUT2D eigenvalue weighted by Crippen LogP contribution is 2.48. The molecule has 1 unspecified atom stereocenters. The van der Waals surface area contributed by atoms with Gasteiger partial charge in [0, 0.05) is 0 Å². The smallest absolute Gasteiger partial charge is 0.267 e. The Labute approximate surface area is 152 Å². The van der Waals surface area contributed by atoms with Crippen LogP contribution < -0.4 is 5.73 Å². The normalized spacial score (nSPS) is 21.2. The first kappa shape index (κ1) is 15.9. The van der Waals surface area contributed by atoms with Gasteiger partial charge in [0.05, 0.1) is 34.6 Å². The maximum Gasteiger partial charge on any atom is 0.267 e. The maximum atomic E-state index is 12.8. The van der Waals surface area contributed by atoms with Crippen molar-refractivity contribution in [3.63, 3.8) is 0 Å². The summed E-state index contributed by atoms with van der Waals surface area (Å²) in [6, 6.07) is 10.8. The summed E-state index contributed by atoms with van der Waals surface area (Å²) >= 11 is 1.18. The van der Waals surface area contributed by atoms with Crippen LogP contribution >= 0.6 is 11.8 Å². The molecular weight excluding hydrogens is 352 g/mol. The number of hydrogen-bond acceptors (Lipinski definition) is 7. The van der Waals surface area contributed by atoms with Crippen molar-refractivity contribution in [1.82, 2.24) is 4.90 Å². The Morgan fingerprint density at radius 2 is 1.96 bits per heavy atom. The molecule has 126 valence electrons. The molecular formula is C18H10N4O3S. The van der Waals surface area contributed by atoms with Crippen LogP contribution in [0, 0.1) is 22.7 Å². The number of amides is 1. The fourth-order valence-electron chi connectivity index (χ4n) is 2.88. The lowest BCUT2D eigenvalue weighted by Gasteiger charge is -2.29. The summed E-state index contributed by atoms with van der Waals surface area (Å²) in [5.74, 6) is 0.492. The van der Waals surface area contributed by atoms with Crippen LogP contribution in [0.4, 0.5) is 0 Å². The average molecular weight is 362 g/mol. The van der Waals surface area contributed by atoms with E-state index < -0.39 is 5.37 Å². The number of nitriles is 2. The molecule has 7 nitrogen and oxygen atoms in total. The topological polar surface area (TPSA) is 120 Å². The predicted octanol–water partition coefficient (Wildman–Crippen LogP) is 2.80. The molecule has 8 heteroatoms. The standard InChI is InChI=1S/C18H10N4O3S/c19-8-11-15(13-4-2-6-25-13)12(9-20)18-22(16(11)21)17(23)14(26-18)7-10-3-1-5-24-10/h1-7,18H,21H2. The van der Waals surface area contributed by atoms with Gasteiger partial charge in [0.25, 0.3) is 5.91 Å². The van der Waals surface area contributed by atoms with Crippen LogP contribution in [0.3, 0.4) is 0 Å². The number of fused-ring (bicyclic) bond motifs is 1. The molecule has 0 radical (unpaired) electrons. The third-order valence-electron chi connectivity index (χ3n) is 4.00. The van der Waals surface area contributed by atoms with E-state index in [2.05, 4.69) is 6.07 Å². The molecule has 1 amide bonds. The van der Waals surface area contributed by atoms with Gasteiger partial charge in [0.2, 0.25) is 0 Å². The SMILES string of the molecule is N#CC1=C(N)N2C(=O)C(=Cc3ccco3)SC2C(C#N)=C1c1ccco1. The van der Waals surface area contributed by atoms with Crippen molar-refractivity contribution in [1.29, 1.82) is 10.5 Å². The molecule has 0 aliphatic carbocycles. The fourth-order valence-corrected chi connectivity index (χ4v) is 4.11. The molecule has 1 saturated heterocycles. The van der Waals surface area contributed by atoms with Gasteiger partial charge >= 0.3 is 0 Å². The molecule has 2 aliphatic rings. The predicted molar refractivity (Wildman–Crippen MR) is 93.0 cm³/mol. The number of furan rings is 2. The Morgan fingerprint density at radius 3 is 2.58 bits per heavy atom. The highest BCUT2D eigenvalue weighted by Gasteiger charge is 2.46. The van der Waals surface area contributed by atoms with Gasteiger partial charge in [0.15, 0.2) is 0 Å². The van der Waals surface area contributed by atoms with Crippen molar-refractivity contribution in [3.05, 3.63) is 70.2 Å². The average Bonchev–Trinajstić information content (AvgIpc) is 3.38. The number of allylic oxidation sites excluding steroid dienone is 2. The van der Waals surface area contributed by atoms with Crippen molar-refractivity contribution in [2.24, 2.45) is 5.73 Å². The van der Waals surface area contributed by atoms with Gasteiger partial charge < -0.3 is 14.6 Å². The first-order valence-electron chi connectivity index (χ1n) is 7.49. The minimum atomic E-state index is -0.661. The van der Waals surface area contributed by atoms with Crippen molar-refractivity contribution >= 4 is 29.3 Å². The van der Waals surface area contributed by atoms with Crippen LogP contribution in [0.25, 0.3) is 11.6 Å². The quantitative estimate of drug-likeness (QED) is 0.815. The Balaban J connectivity index is 1.89. The molecule has 0 saturated carbocycles. The monoisotopic (exact) mass is 362 g/mol. The molecule has 26 heavy (non-hydrogen) atoms. The van der Waals surface area contributed by atoms with E-state index in [1.807, 2.05) is 6.07 Å². The molecule has 1 atom stereocenters. The summed E-state index contributed by atoms with van der Waals surface area (Å²) < 4.78 is 10.6. The Morgan fingerprint density at radius 1 is 1.19 bits per heavy atom. The molecule has 0 spiro atoms. The molecule has 1 fully saturated rings. The summed E-state index contributed by atoms with van der Waals surface area (Å²) in [5.41, 5.74) is 6.73. The molecule has 2 N–H and O–H groups in total. The number of carbonyl (C=O) groups excluding carboxylic acids is 1. The lowest BCUT2D eigenvalue weighted by atomic mass is 9.94. The minimum Gasteiger partial charge on any atom is -0.465 e. The van der Waals surface area contributed by atoms with E-state index in [0.29, 0.717) is 22.0 Å². The summed E-state index contributed by atoms with van der Waals surface area (Å²) in [6.07, 6.45) is 4.54. The molecule has 4 rings (SSSR count). The first-order valence-corrected chi connectivity index (χ1v) is 8.37. The van der Waals surface area contributed by atoms with Crippen LogP contribution in [0.15, 0.2) is 67.5 Å². The van der Waals surface area contributed by atoms with Gasteiger partial charge in [-0.3, -0.25) is 9.69 Å². The highest BCUT2D eigenvalue weighted by atomic mass is 32.2. The van der Waals surface area contributed by atoms with E-state index in [1.165, 1.54) is 29.2 Å². The second-order valence-electron chi connectivity index (χ2n) is 5.42. The van der Waals surface area contributed by atoms with Crippen molar-refractivity contribution in [2.45, 2.75) is 5.37 Å². The zero-order valence-corrected chi connectivity index (χ0v) is 14.0. The Hall–Kier alpha value is -3.62. The van der Waals surface area contributed by atoms with Gasteiger partial charge in [-0.25, -0.2) is 0 Å². The molecule has 2 aromatic heterocycles. The van der Waals surface area contributed by atoms with E-state index in [1.54, 1.807) is 30.3 Å². The fraction of sp³-hybridized carbons (Fsp3) is 0.0556. The largest absolute Gasteiger partial charge is 0.465 e. The maximum absolute atomic E-state index is 12.8. The van der Waals surface area contributed by atoms with Crippen molar-refractivity contribution < 1.29 is 13.6 Å². The molecule has 2 aromatic rings. The van der Waals surface area contributed by atoms with Gasteiger partial charge in [-0.1, -0.05) is 11.8 Å². The number of thioether (sulfide) groups is 1. The van der Waals surface area contributed by atoms with E-state index in [0.717, 1.165) is 0 Å². The van der Waals surface area contributed by atoms with E-state index >= 15 is 0 Å². The number of hydrogen-bond donors (Lipinski definition) is 1. The van der Waals surface area contributed by atoms with E-state index in [-0.39, 0.29) is 22.9 Å². The number of carbonyl (C=O) groups is 1. The van der Waals surface area contributed by atoms with Gasteiger partial charge in [-0.05, 0) is 30.3 Å². The summed E-state index contributed by atoms with van der Waals surface area (Å²) in [7, 11) is 0. The first-order chi connectivity index (χ1) is 12.7. The molecule has 4 heterocycles.